The number of halogens is 1. The van der Waals surface area contributed by atoms with Crippen molar-refractivity contribution in [1.29, 1.82) is 0 Å². The second-order valence-corrected chi connectivity index (χ2v) is 5.84. The third kappa shape index (κ3) is 2.70. The van der Waals surface area contributed by atoms with Gasteiger partial charge in [-0.25, -0.2) is 9.97 Å². The van der Waals surface area contributed by atoms with Crippen LogP contribution >= 0.6 is 11.6 Å². The van der Waals surface area contributed by atoms with Gasteiger partial charge < -0.3 is 0 Å². The van der Waals surface area contributed by atoms with Crippen LogP contribution < -0.4 is 0 Å². The summed E-state index contributed by atoms with van der Waals surface area (Å²) in [6.45, 7) is 8.60. The monoisotopic (exact) mass is 260 g/mol. The highest BCUT2D eigenvalue weighted by Crippen LogP contribution is 2.26. The van der Waals surface area contributed by atoms with Crippen molar-refractivity contribution >= 4 is 11.6 Å². The summed E-state index contributed by atoms with van der Waals surface area (Å²) in [5.74, 6) is 0. The molecule has 18 heavy (non-hydrogen) atoms. The van der Waals surface area contributed by atoms with Gasteiger partial charge in [0, 0.05) is 11.8 Å². The van der Waals surface area contributed by atoms with Gasteiger partial charge in [-0.15, -0.1) is 0 Å². The molecule has 1 aromatic heterocycles. The Labute approximate surface area is 113 Å². The van der Waals surface area contributed by atoms with E-state index in [1.807, 2.05) is 6.92 Å². The van der Waals surface area contributed by atoms with Gasteiger partial charge in [0.15, 0.2) is 0 Å². The number of nitrogens with zero attached hydrogens (tertiary/aromatic N) is 2. The number of rotatable bonds is 1. The summed E-state index contributed by atoms with van der Waals surface area (Å²) in [5, 5.41) is 0.287. The Hall–Kier alpha value is -1.41. The summed E-state index contributed by atoms with van der Waals surface area (Å²) in [4.78, 5) is 8.27. The van der Waals surface area contributed by atoms with Crippen LogP contribution in [0.15, 0.2) is 30.5 Å². The standard InChI is InChI=1S/C15H17ClN2/c1-10-9-17-14(16)18-13(10)11-5-7-12(8-6-11)15(2,3)4/h5-9H,1-4H3. The van der Waals surface area contributed by atoms with Crippen molar-refractivity contribution in [3.05, 3.63) is 46.9 Å². The third-order valence-corrected chi connectivity index (χ3v) is 3.15. The van der Waals surface area contributed by atoms with Crippen molar-refractivity contribution in [2.24, 2.45) is 0 Å². The zero-order valence-electron chi connectivity index (χ0n) is 11.2. The Morgan fingerprint density at radius 3 is 2.22 bits per heavy atom. The molecule has 0 bridgehead atoms. The van der Waals surface area contributed by atoms with Crippen molar-refractivity contribution < 1.29 is 0 Å². The minimum atomic E-state index is 0.164. The fraction of sp³-hybridized carbons (Fsp3) is 0.333. The molecular formula is C15H17ClN2. The maximum atomic E-state index is 5.85. The summed E-state index contributed by atoms with van der Waals surface area (Å²) in [5.41, 5.74) is 4.48. The molecule has 0 aliphatic carbocycles. The van der Waals surface area contributed by atoms with E-state index >= 15 is 0 Å². The van der Waals surface area contributed by atoms with E-state index in [9.17, 15) is 0 Å². The molecule has 2 aromatic rings. The van der Waals surface area contributed by atoms with Crippen LogP contribution in [0.4, 0.5) is 0 Å². The van der Waals surface area contributed by atoms with Crippen LogP contribution in [0.25, 0.3) is 11.3 Å². The second-order valence-electron chi connectivity index (χ2n) is 5.50. The topological polar surface area (TPSA) is 25.8 Å². The van der Waals surface area contributed by atoms with Gasteiger partial charge in [-0.05, 0) is 35.1 Å². The fourth-order valence-corrected chi connectivity index (χ4v) is 1.97. The molecule has 0 unspecified atom stereocenters. The van der Waals surface area contributed by atoms with Crippen LogP contribution in [0, 0.1) is 6.92 Å². The summed E-state index contributed by atoms with van der Waals surface area (Å²) < 4.78 is 0. The van der Waals surface area contributed by atoms with E-state index in [4.69, 9.17) is 11.6 Å². The van der Waals surface area contributed by atoms with Gasteiger partial charge in [0.25, 0.3) is 0 Å². The van der Waals surface area contributed by atoms with Crippen LogP contribution in [-0.2, 0) is 5.41 Å². The maximum absolute atomic E-state index is 5.85. The highest BCUT2D eigenvalue weighted by Gasteiger charge is 2.13. The largest absolute Gasteiger partial charge is 0.226 e. The van der Waals surface area contributed by atoms with Crippen LogP contribution in [-0.4, -0.2) is 9.97 Å². The number of benzene rings is 1. The lowest BCUT2D eigenvalue weighted by Gasteiger charge is -2.19. The highest BCUT2D eigenvalue weighted by molar-refractivity contribution is 6.28. The number of hydrogen-bond donors (Lipinski definition) is 0. The van der Waals surface area contributed by atoms with E-state index in [0.29, 0.717) is 0 Å². The predicted molar refractivity (Wildman–Crippen MR) is 75.9 cm³/mol. The van der Waals surface area contributed by atoms with Gasteiger partial charge >= 0.3 is 0 Å². The van der Waals surface area contributed by atoms with E-state index < -0.39 is 0 Å². The Balaban J connectivity index is 2.43. The minimum Gasteiger partial charge on any atom is -0.226 e. The highest BCUT2D eigenvalue weighted by atomic mass is 35.5. The molecule has 0 saturated heterocycles. The molecule has 0 spiro atoms. The smallest absolute Gasteiger partial charge is 0.222 e. The van der Waals surface area contributed by atoms with Gasteiger partial charge in [0.05, 0.1) is 5.69 Å². The molecule has 1 aromatic carbocycles. The molecule has 3 heteroatoms. The molecule has 2 nitrogen and oxygen atoms in total. The van der Waals surface area contributed by atoms with E-state index in [1.54, 1.807) is 6.20 Å². The summed E-state index contributed by atoms with van der Waals surface area (Å²) in [6.07, 6.45) is 1.75. The van der Waals surface area contributed by atoms with Crippen LogP contribution in [0.2, 0.25) is 5.28 Å². The molecular weight excluding hydrogens is 244 g/mol. The van der Waals surface area contributed by atoms with E-state index in [2.05, 4.69) is 55.0 Å². The zero-order chi connectivity index (χ0) is 13.3. The maximum Gasteiger partial charge on any atom is 0.222 e. The van der Waals surface area contributed by atoms with Gasteiger partial charge in [0.2, 0.25) is 5.28 Å². The van der Waals surface area contributed by atoms with E-state index in [0.717, 1.165) is 16.8 Å². The van der Waals surface area contributed by atoms with Crippen LogP contribution in [0.1, 0.15) is 31.9 Å². The second kappa shape index (κ2) is 4.69. The summed E-state index contributed by atoms with van der Waals surface area (Å²) in [6, 6.07) is 8.47. The van der Waals surface area contributed by atoms with Gasteiger partial charge in [-0.1, -0.05) is 45.0 Å². The van der Waals surface area contributed by atoms with Crippen LogP contribution in [0.5, 0.6) is 0 Å². The fourth-order valence-electron chi connectivity index (χ4n) is 1.84. The van der Waals surface area contributed by atoms with Crippen molar-refractivity contribution in [2.75, 3.05) is 0 Å². The minimum absolute atomic E-state index is 0.164. The molecule has 0 atom stereocenters. The number of aryl methyl sites for hydroxylation is 1. The van der Waals surface area contributed by atoms with Crippen molar-refractivity contribution in [2.45, 2.75) is 33.1 Å². The number of aromatic nitrogens is 2. The lowest BCUT2D eigenvalue weighted by atomic mass is 9.86. The molecule has 0 aliphatic heterocycles. The van der Waals surface area contributed by atoms with Gasteiger partial charge in [0.1, 0.15) is 0 Å². The third-order valence-electron chi connectivity index (χ3n) is 2.97. The first-order valence-corrected chi connectivity index (χ1v) is 6.36. The normalized spacial score (nSPS) is 11.6. The molecule has 0 saturated carbocycles. The first-order valence-electron chi connectivity index (χ1n) is 5.98. The predicted octanol–water partition coefficient (Wildman–Crippen LogP) is 4.40. The molecule has 0 N–H and O–H groups in total. The van der Waals surface area contributed by atoms with Crippen molar-refractivity contribution in [3.63, 3.8) is 0 Å². The average molecular weight is 261 g/mol. The lowest BCUT2D eigenvalue weighted by Crippen LogP contribution is -2.10. The SMILES string of the molecule is Cc1cnc(Cl)nc1-c1ccc(C(C)(C)C)cc1. The average Bonchev–Trinajstić information content (AvgIpc) is 2.31. The lowest BCUT2D eigenvalue weighted by molar-refractivity contribution is 0.590. The quantitative estimate of drug-likeness (QED) is 0.710. The summed E-state index contributed by atoms with van der Waals surface area (Å²) >= 11 is 5.85. The van der Waals surface area contributed by atoms with E-state index in [1.165, 1.54) is 5.56 Å². The van der Waals surface area contributed by atoms with E-state index in [-0.39, 0.29) is 10.7 Å². The van der Waals surface area contributed by atoms with Gasteiger partial charge in [-0.3, -0.25) is 0 Å². The molecule has 94 valence electrons. The Morgan fingerprint density at radius 2 is 1.67 bits per heavy atom. The summed E-state index contributed by atoms with van der Waals surface area (Å²) in [7, 11) is 0. The van der Waals surface area contributed by atoms with Gasteiger partial charge in [-0.2, -0.15) is 0 Å². The first-order chi connectivity index (χ1) is 8.38. The Kier molecular flexibility index (Phi) is 3.40. The molecule has 0 amide bonds. The van der Waals surface area contributed by atoms with Crippen molar-refractivity contribution in [3.8, 4) is 11.3 Å². The van der Waals surface area contributed by atoms with Crippen molar-refractivity contribution in [1.82, 2.24) is 9.97 Å². The molecule has 0 aliphatic rings. The molecule has 2 rings (SSSR count). The van der Waals surface area contributed by atoms with Crippen LogP contribution in [0.3, 0.4) is 0 Å². The Bertz CT molecular complexity index is 554. The number of hydrogen-bond acceptors (Lipinski definition) is 2. The first kappa shape index (κ1) is 13.0. The molecule has 0 radical (unpaired) electrons. The Morgan fingerprint density at radius 1 is 1.06 bits per heavy atom. The zero-order valence-corrected chi connectivity index (χ0v) is 11.9. The molecule has 0 fully saturated rings. The molecule has 1 heterocycles.